The maximum atomic E-state index is 12.8. The van der Waals surface area contributed by atoms with Gasteiger partial charge in [-0.3, -0.25) is 9.32 Å². The van der Waals surface area contributed by atoms with Gasteiger partial charge in [0.05, 0.1) is 13.2 Å². The van der Waals surface area contributed by atoms with Gasteiger partial charge in [-0.2, -0.15) is 0 Å². The maximum absolute atomic E-state index is 12.8. The van der Waals surface area contributed by atoms with Gasteiger partial charge in [-0.15, -0.1) is 0 Å². The number of amides is 1. The molecule has 0 radical (unpaired) electrons. The summed E-state index contributed by atoms with van der Waals surface area (Å²) in [6, 6.07) is 21.9. The average molecular weight is 540 g/mol. The molecule has 0 aliphatic carbocycles. The van der Waals surface area contributed by atoms with Crippen LogP contribution < -0.4 is 10.1 Å². The molecule has 0 heterocycles. The van der Waals surface area contributed by atoms with E-state index in [1.165, 1.54) is 44.9 Å². The van der Waals surface area contributed by atoms with Gasteiger partial charge in [-0.1, -0.05) is 94.3 Å². The van der Waals surface area contributed by atoms with E-state index in [-0.39, 0.29) is 12.5 Å². The number of nitrogens with one attached hydrogen (secondary N) is 1. The molecule has 0 aliphatic heterocycles. The van der Waals surface area contributed by atoms with Crippen LogP contribution in [0, 0.1) is 0 Å². The predicted octanol–water partition coefficient (Wildman–Crippen LogP) is 7.73. The van der Waals surface area contributed by atoms with Crippen molar-refractivity contribution < 1.29 is 28.4 Å². The number of unbranched alkanes of at least 4 members (excludes halogenated alkanes) is 7. The van der Waals surface area contributed by atoms with Crippen LogP contribution in [-0.4, -0.2) is 22.3 Å². The first-order valence-electron chi connectivity index (χ1n) is 13.3. The fraction of sp³-hybridized carbons (Fsp3) is 0.367. The number of ether oxygens (including phenoxy) is 1. The lowest BCUT2D eigenvalue weighted by Gasteiger charge is -2.12. The van der Waals surface area contributed by atoms with E-state index in [9.17, 15) is 9.36 Å². The number of phosphoric ester groups is 1. The smallest absolute Gasteiger partial charge is 0.469 e. The van der Waals surface area contributed by atoms with Crippen LogP contribution in [0.15, 0.2) is 72.8 Å². The first-order chi connectivity index (χ1) is 18.4. The summed E-state index contributed by atoms with van der Waals surface area (Å²) in [5.41, 5.74) is 3.36. The highest BCUT2D eigenvalue weighted by molar-refractivity contribution is 7.46. The van der Waals surface area contributed by atoms with Crippen molar-refractivity contribution >= 4 is 19.4 Å². The van der Waals surface area contributed by atoms with Crippen LogP contribution >= 0.6 is 7.82 Å². The Hall–Kier alpha value is -2.96. The van der Waals surface area contributed by atoms with Crippen LogP contribution in [0.4, 0.5) is 5.69 Å². The molecule has 204 valence electrons. The highest BCUT2D eigenvalue weighted by atomic mass is 31.2. The third-order valence-corrected chi connectivity index (χ3v) is 6.72. The standard InChI is InChI=1S/C30H38NO6P/c1-2-3-4-5-6-7-8-11-22-36-28-20-18-25(19-21-28)24-14-16-26(17-15-24)30(32)31-29-13-10-9-12-27(29)23-37-38(33,34)35/h9-10,12-21H,2-8,11,22-23H2,1H3,(H,31,32)(H2,33,34,35). The zero-order valence-corrected chi connectivity index (χ0v) is 22.9. The number of carbonyl (C=O) groups is 1. The van der Waals surface area contributed by atoms with Gasteiger partial charge < -0.3 is 19.8 Å². The molecule has 0 bridgehead atoms. The molecule has 0 saturated heterocycles. The van der Waals surface area contributed by atoms with Gasteiger partial charge in [-0.25, -0.2) is 4.57 Å². The maximum Gasteiger partial charge on any atom is 0.469 e. The Kier molecular flexibility index (Phi) is 12.0. The number of carbonyl (C=O) groups excluding carboxylic acids is 1. The predicted molar refractivity (Wildman–Crippen MR) is 151 cm³/mol. The third kappa shape index (κ3) is 10.4. The Morgan fingerprint density at radius 2 is 1.37 bits per heavy atom. The fourth-order valence-electron chi connectivity index (χ4n) is 4.10. The van der Waals surface area contributed by atoms with E-state index >= 15 is 0 Å². The molecule has 8 heteroatoms. The summed E-state index contributed by atoms with van der Waals surface area (Å²) in [4.78, 5) is 30.7. The topological polar surface area (TPSA) is 105 Å². The molecule has 0 saturated carbocycles. The normalized spacial score (nSPS) is 11.3. The molecule has 0 atom stereocenters. The van der Waals surface area contributed by atoms with Crippen LogP contribution in [0.2, 0.25) is 0 Å². The van der Waals surface area contributed by atoms with Gasteiger partial charge in [0.2, 0.25) is 0 Å². The van der Waals surface area contributed by atoms with Gasteiger partial charge in [0.15, 0.2) is 0 Å². The molecule has 3 aromatic rings. The number of para-hydroxylation sites is 1. The van der Waals surface area contributed by atoms with Crippen LogP contribution in [0.3, 0.4) is 0 Å². The second kappa shape index (κ2) is 15.5. The summed E-state index contributed by atoms with van der Waals surface area (Å²) in [7, 11) is -4.62. The van der Waals surface area contributed by atoms with Crippen LogP contribution in [0.1, 0.15) is 74.2 Å². The van der Waals surface area contributed by atoms with Crippen LogP contribution in [-0.2, 0) is 15.7 Å². The van der Waals surface area contributed by atoms with Gasteiger partial charge in [-0.05, 0) is 47.9 Å². The van der Waals surface area contributed by atoms with Crippen molar-refractivity contribution in [2.45, 2.75) is 64.9 Å². The second-order valence-corrected chi connectivity index (χ2v) is 10.5. The molecular weight excluding hydrogens is 501 g/mol. The minimum atomic E-state index is -4.62. The van der Waals surface area contributed by atoms with Gasteiger partial charge in [0.25, 0.3) is 5.91 Å². The molecular formula is C30H38NO6P. The number of rotatable bonds is 16. The summed E-state index contributed by atoms with van der Waals surface area (Å²) >= 11 is 0. The van der Waals surface area contributed by atoms with Crippen molar-refractivity contribution in [2.75, 3.05) is 11.9 Å². The van der Waals surface area contributed by atoms with Crippen molar-refractivity contribution in [3.63, 3.8) is 0 Å². The van der Waals surface area contributed by atoms with E-state index in [4.69, 9.17) is 14.5 Å². The van der Waals surface area contributed by atoms with Gasteiger partial charge >= 0.3 is 7.82 Å². The monoisotopic (exact) mass is 539 g/mol. The number of hydrogen-bond donors (Lipinski definition) is 3. The molecule has 3 rings (SSSR count). The lowest BCUT2D eigenvalue weighted by atomic mass is 10.0. The Morgan fingerprint density at radius 1 is 0.789 bits per heavy atom. The van der Waals surface area contributed by atoms with E-state index in [1.807, 2.05) is 36.4 Å². The minimum Gasteiger partial charge on any atom is -0.494 e. The Labute approximate surface area is 225 Å². The molecule has 0 aliphatic rings. The summed E-state index contributed by atoms with van der Waals surface area (Å²) in [6.07, 6.45) is 10.2. The summed E-state index contributed by atoms with van der Waals surface area (Å²) < 4.78 is 21.5. The third-order valence-electron chi connectivity index (χ3n) is 6.26. The van der Waals surface area contributed by atoms with E-state index < -0.39 is 7.82 Å². The Bertz CT molecular complexity index is 1170. The number of phosphoric acid groups is 1. The van der Waals surface area contributed by atoms with E-state index in [1.54, 1.807) is 36.4 Å². The highest BCUT2D eigenvalue weighted by Crippen LogP contribution is 2.37. The van der Waals surface area contributed by atoms with Crippen molar-refractivity contribution in [1.29, 1.82) is 0 Å². The lowest BCUT2D eigenvalue weighted by molar-refractivity contribution is 0.102. The molecule has 3 N–H and O–H groups in total. The Balaban J connectivity index is 1.47. The fourth-order valence-corrected chi connectivity index (χ4v) is 4.41. The first kappa shape index (κ1) is 29.6. The molecule has 0 fully saturated rings. The average Bonchev–Trinajstić information content (AvgIpc) is 2.91. The molecule has 0 spiro atoms. The number of anilines is 1. The highest BCUT2D eigenvalue weighted by Gasteiger charge is 2.16. The molecule has 0 unspecified atom stereocenters. The summed E-state index contributed by atoms with van der Waals surface area (Å²) in [6.45, 7) is 2.65. The SMILES string of the molecule is CCCCCCCCCCOc1ccc(-c2ccc(C(=O)Nc3ccccc3COP(=O)(O)O)cc2)cc1. The molecule has 0 aromatic heterocycles. The minimum absolute atomic E-state index is 0.321. The van der Waals surface area contributed by atoms with Crippen molar-refractivity contribution in [3.8, 4) is 16.9 Å². The van der Waals surface area contributed by atoms with Crippen molar-refractivity contribution in [1.82, 2.24) is 0 Å². The van der Waals surface area contributed by atoms with Crippen molar-refractivity contribution in [3.05, 3.63) is 83.9 Å². The largest absolute Gasteiger partial charge is 0.494 e. The van der Waals surface area contributed by atoms with E-state index in [0.29, 0.717) is 16.8 Å². The van der Waals surface area contributed by atoms with E-state index in [2.05, 4.69) is 16.8 Å². The molecule has 7 nitrogen and oxygen atoms in total. The van der Waals surface area contributed by atoms with Crippen LogP contribution in [0.5, 0.6) is 5.75 Å². The summed E-state index contributed by atoms with van der Waals surface area (Å²) in [5.74, 6) is 0.527. The number of benzene rings is 3. The molecule has 1 amide bonds. The van der Waals surface area contributed by atoms with E-state index in [0.717, 1.165) is 29.9 Å². The lowest BCUT2D eigenvalue weighted by Crippen LogP contribution is -2.13. The molecule has 3 aromatic carbocycles. The molecule has 38 heavy (non-hydrogen) atoms. The summed E-state index contributed by atoms with van der Waals surface area (Å²) in [5, 5.41) is 2.78. The zero-order chi connectivity index (χ0) is 27.2. The second-order valence-electron chi connectivity index (χ2n) is 9.30. The zero-order valence-electron chi connectivity index (χ0n) is 22.0. The van der Waals surface area contributed by atoms with Crippen molar-refractivity contribution in [2.24, 2.45) is 0 Å². The van der Waals surface area contributed by atoms with Gasteiger partial charge in [0.1, 0.15) is 5.75 Å². The van der Waals surface area contributed by atoms with Gasteiger partial charge in [0, 0.05) is 16.8 Å². The van der Waals surface area contributed by atoms with Crippen LogP contribution in [0.25, 0.3) is 11.1 Å². The quantitative estimate of drug-likeness (QED) is 0.127. The first-order valence-corrected chi connectivity index (χ1v) is 14.8. The number of hydrogen-bond acceptors (Lipinski definition) is 4. The Morgan fingerprint density at radius 3 is 2.00 bits per heavy atom.